The van der Waals surface area contributed by atoms with Crippen LogP contribution in [0.25, 0.3) is 11.1 Å². The summed E-state index contributed by atoms with van der Waals surface area (Å²) in [4.78, 5) is 37.1. The lowest BCUT2D eigenvalue weighted by molar-refractivity contribution is -0.154. The molecule has 0 saturated carbocycles. The Hall–Kier alpha value is -3.39. The maximum atomic E-state index is 12.5. The maximum absolute atomic E-state index is 12.5. The summed E-state index contributed by atoms with van der Waals surface area (Å²) in [6.07, 6.45) is 0.792. The number of nitrogens with zero attached hydrogens (tertiary/aromatic N) is 1. The quantitative estimate of drug-likeness (QED) is 0.556. The summed E-state index contributed by atoms with van der Waals surface area (Å²) in [5.41, 5.74) is 4.68. The molecule has 1 saturated heterocycles. The molecule has 2 aromatic carbocycles. The smallest absolute Gasteiger partial charge is 0.407 e. The molecule has 8 nitrogen and oxygen atoms in total. The molecule has 8 heteroatoms. The number of benzene rings is 2. The summed E-state index contributed by atoms with van der Waals surface area (Å²) in [7, 11) is 0. The van der Waals surface area contributed by atoms with E-state index in [1.165, 1.54) is 11.1 Å². The summed E-state index contributed by atoms with van der Waals surface area (Å²) in [5, 5.41) is 11.5. The van der Waals surface area contributed by atoms with Gasteiger partial charge in [0, 0.05) is 31.5 Å². The van der Waals surface area contributed by atoms with Gasteiger partial charge in [0.25, 0.3) is 0 Å². The third-order valence-electron chi connectivity index (χ3n) is 6.51. The van der Waals surface area contributed by atoms with Crippen molar-refractivity contribution in [2.24, 2.45) is 0 Å². The lowest BCUT2D eigenvalue weighted by atomic mass is 9.98. The highest BCUT2D eigenvalue weighted by Gasteiger charge is 2.32. The molecule has 0 spiro atoms. The summed E-state index contributed by atoms with van der Waals surface area (Å²) in [6.45, 7) is 2.67. The van der Waals surface area contributed by atoms with E-state index in [-0.39, 0.29) is 37.2 Å². The van der Waals surface area contributed by atoms with Crippen molar-refractivity contribution in [2.75, 3.05) is 26.3 Å². The third kappa shape index (κ3) is 5.39. The highest BCUT2D eigenvalue weighted by atomic mass is 16.5. The molecule has 2 N–H and O–H groups in total. The van der Waals surface area contributed by atoms with Gasteiger partial charge in [0.2, 0.25) is 5.91 Å². The second kappa shape index (κ2) is 10.7. The van der Waals surface area contributed by atoms with Gasteiger partial charge in [0.15, 0.2) is 0 Å². The molecule has 1 unspecified atom stereocenters. The number of amides is 2. The summed E-state index contributed by atoms with van der Waals surface area (Å²) in [6, 6.07) is 16.2. The Bertz CT molecular complexity index is 1000. The Morgan fingerprint density at radius 1 is 1.06 bits per heavy atom. The molecule has 0 bridgehead atoms. The molecule has 1 heterocycles. The monoisotopic (exact) mass is 466 g/mol. The molecular weight excluding hydrogens is 436 g/mol. The first-order chi connectivity index (χ1) is 16.5. The second-order valence-corrected chi connectivity index (χ2v) is 8.74. The molecule has 180 valence electrons. The Balaban J connectivity index is 1.22. The van der Waals surface area contributed by atoms with Gasteiger partial charge in [-0.1, -0.05) is 55.5 Å². The van der Waals surface area contributed by atoms with Gasteiger partial charge >= 0.3 is 12.1 Å². The van der Waals surface area contributed by atoms with Crippen molar-refractivity contribution in [1.82, 2.24) is 10.2 Å². The average Bonchev–Trinajstić information content (AvgIpc) is 3.13. The fraction of sp³-hybridized carbons (Fsp3) is 0.423. The molecular formula is C26H30N2O6. The fourth-order valence-corrected chi connectivity index (χ4v) is 4.58. The van der Waals surface area contributed by atoms with Gasteiger partial charge in [0.1, 0.15) is 13.2 Å². The first kappa shape index (κ1) is 23.8. The number of aliphatic carboxylic acids is 1. The van der Waals surface area contributed by atoms with Gasteiger partial charge in [-0.05, 0) is 35.1 Å². The lowest BCUT2D eigenvalue weighted by Gasteiger charge is -2.38. The van der Waals surface area contributed by atoms with E-state index in [0.717, 1.165) is 11.1 Å². The van der Waals surface area contributed by atoms with Crippen molar-refractivity contribution in [3.63, 3.8) is 0 Å². The number of alkyl carbamates (subject to hydrolysis) is 1. The Morgan fingerprint density at radius 3 is 2.26 bits per heavy atom. The number of ether oxygens (including phenoxy) is 2. The zero-order valence-electron chi connectivity index (χ0n) is 19.2. The number of hydrogen-bond acceptors (Lipinski definition) is 5. The van der Waals surface area contributed by atoms with Gasteiger partial charge < -0.3 is 24.8 Å². The molecule has 1 aliphatic heterocycles. The number of fused-ring (bicyclic) bond motifs is 3. The van der Waals surface area contributed by atoms with Crippen molar-refractivity contribution < 1.29 is 29.0 Å². The number of carbonyl (C=O) groups excluding carboxylic acids is 2. The highest BCUT2D eigenvalue weighted by molar-refractivity contribution is 5.79. The van der Waals surface area contributed by atoms with E-state index in [1.807, 2.05) is 31.2 Å². The van der Waals surface area contributed by atoms with E-state index in [9.17, 15) is 14.4 Å². The highest BCUT2D eigenvalue weighted by Crippen LogP contribution is 2.44. The normalized spacial score (nSPS) is 15.7. The SMILES string of the molecule is CCC(CCC(=O)N1CC(OCC(=O)O)C1)NC(=O)OCC1c2ccccc2-c2ccccc21. The molecule has 2 aliphatic rings. The number of carboxylic acids is 1. The van der Waals surface area contributed by atoms with E-state index in [1.54, 1.807) is 4.90 Å². The summed E-state index contributed by atoms with van der Waals surface area (Å²) >= 11 is 0. The van der Waals surface area contributed by atoms with Crippen LogP contribution in [-0.4, -0.2) is 66.4 Å². The van der Waals surface area contributed by atoms with Crippen LogP contribution in [0, 0.1) is 0 Å². The van der Waals surface area contributed by atoms with Crippen molar-refractivity contribution in [3.8, 4) is 11.1 Å². The molecule has 2 amide bonds. The maximum Gasteiger partial charge on any atom is 0.407 e. The second-order valence-electron chi connectivity index (χ2n) is 8.74. The number of rotatable bonds is 10. The Labute approximate surface area is 198 Å². The van der Waals surface area contributed by atoms with Crippen molar-refractivity contribution in [3.05, 3.63) is 59.7 Å². The first-order valence-corrected chi connectivity index (χ1v) is 11.7. The molecule has 34 heavy (non-hydrogen) atoms. The predicted molar refractivity (Wildman–Crippen MR) is 125 cm³/mol. The average molecular weight is 467 g/mol. The van der Waals surface area contributed by atoms with Crippen molar-refractivity contribution in [2.45, 2.75) is 44.2 Å². The van der Waals surface area contributed by atoms with Crippen LogP contribution in [0.1, 0.15) is 43.2 Å². The Morgan fingerprint density at radius 2 is 1.68 bits per heavy atom. The van der Waals surface area contributed by atoms with Gasteiger partial charge in [-0.15, -0.1) is 0 Å². The van der Waals surface area contributed by atoms with Gasteiger partial charge in [0.05, 0.1) is 6.10 Å². The van der Waals surface area contributed by atoms with Crippen LogP contribution in [0.2, 0.25) is 0 Å². The van der Waals surface area contributed by atoms with Crippen LogP contribution in [-0.2, 0) is 19.1 Å². The topological polar surface area (TPSA) is 105 Å². The van der Waals surface area contributed by atoms with Gasteiger partial charge in [-0.25, -0.2) is 9.59 Å². The van der Waals surface area contributed by atoms with E-state index >= 15 is 0 Å². The zero-order valence-corrected chi connectivity index (χ0v) is 19.2. The summed E-state index contributed by atoms with van der Waals surface area (Å²) in [5.74, 6) is -1.04. The van der Waals surface area contributed by atoms with Crippen LogP contribution in [0.4, 0.5) is 4.79 Å². The predicted octanol–water partition coefficient (Wildman–Crippen LogP) is 3.40. The van der Waals surface area contributed by atoms with E-state index < -0.39 is 12.1 Å². The van der Waals surface area contributed by atoms with E-state index in [0.29, 0.717) is 32.4 Å². The van der Waals surface area contributed by atoms with Gasteiger partial charge in [-0.3, -0.25) is 4.79 Å². The van der Waals surface area contributed by atoms with Crippen LogP contribution in [0.3, 0.4) is 0 Å². The standard InChI is InChI=1S/C26H30N2O6/c1-2-17(11-12-24(29)28-13-18(14-28)33-16-25(30)31)27-26(32)34-15-23-21-9-5-3-7-19(21)20-8-4-6-10-22(20)23/h3-10,17-18,23H,2,11-16H2,1H3,(H,27,32)(H,30,31). The number of likely N-dealkylation sites (tertiary alicyclic amines) is 1. The van der Waals surface area contributed by atoms with E-state index in [2.05, 4.69) is 29.6 Å². The minimum atomic E-state index is -1.02. The molecule has 4 rings (SSSR count). The van der Waals surface area contributed by atoms with Crippen molar-refractivity contribution >= 4 is 18.0 Å². The minimum absolute atomic E-state index is 0.00233. The van der Waals surface area contributed by atoms with E-state index in [4.69, 9.17) is 14.6 Å². The molecule has 2 aromatic rings. The lowest BCUT2D eigenvalue weighted by Crippen LogP contribution is -2.55. The minimum Gasteiger partial charge on any atom is -0.480 e. The van der Waals surface area contributed by atoms with Crippen LogP contribution < -0.4 is 5.32 Å². The first-order valence-electron chi connectivity index (χ1n) is 11.7. The molecule has 0 aromatic heterocycles. The van der Waals surface area contributed by atoms with Crippen LogP contribution in [0.15, 0.2) is 48.5 Å². The number of carbonyl (C=O) groups is 3. The third-order valence-corrected chi connectivity index (χ3v) is 6.51. The number of hydrogen-bond donors (Lipinski definition) is 2. The number of nitrogens with one attached hydrogen (secondary N) is 1. The van der Waals surface area contributed by atoms with Gasteiger partial charge in [-0.2, -0.15) is 0 Å². The van der Waals surface area contributed by atoms with Crippen LogP contribution >= 0.6 is 0 Å². The number of carboxylic acid groups (broad SMARTS) is 1. The molecule has 1 fully saturated rings. The Kier molecular flexibility index (Phi) is 7.47. The molecule has 1 aliphatic carbocycles. The summed E-state index contributed by atoms with van der Waals surface area (Å²) < 4.78 is 10.8. The van der Waals surface area contributed by atoms with Crippen LogP contribution in [0.5, 0.6) is 0 Å². The zero-order chi connectivity index (χ0) is 24.1. The largest absolute Gasteiger partial charge is 0.480 e. The van der Waals surface area contributed by atoms with Crippen molar-refractivity contribution in [1.29, 1.82) is 0 Å². The molecule has 1 atom stereocenters. The molecule has 0 radical (unpaired) electrons. The fourth-order valence-electron chi connectivity index (χ4n) is 4.58.